The van der Waals surface area contributed by atoms with E-state index >= 15 is 0 Å². The molecule has 0 nitrogen and oxygen atoms in total. The Kier molecular flexibility index (Phi) is 8.81. The van der Waals surface area contributed by atoms with Gasteiger partial charge < -0.3 is 10.6 Å². The zero-order valence-corrected chi connectivity index (χ0v) is 9.24. The molecular formula is C10H13AlF3. The van der Waals surface area contributed by atoms with E-state index in [-0.39, 0.29) is 0 Å². The minimum atomic E-state index is -4.64. The maximum atomic E-state index is 9.81. The first-order valence-corrected chi connectivity index (χ1v) is 5.71. The summed E-state index contributed by atoms with van der Waals surface area (Å²) in [6.45, 7) is 2.10. The van der Waals surface area contributed by atoms with Gasteiger partial charge in [0.25, 0.3) is 0 Å². The molecule has 0 saturated carbocycles. The van der Waals surface area contributed by atoms with Crippen LogP contribution in [0, 0.1) is 6.42 Å². The van der Waals surface area contributed by atoms with Gasteiger partial charge in [0.1, 0.15) is 0 Å². The molecule has 0 amide bonds. The summed E-state index contributed by atoms with van der Waals surface area (Å²) in [5, 5.41) is 0. The second-order valence-corrected chi connectivity index (χ2v) is 3.17. The first-order valence-electron chi connectivity index (χ1n) is 4.40. The topological polar surface area (TPSA) is 0 Å². The molecule has 14 heavy (non-hydrogen) atoms. The van der Waals surface area contributed by atoms with Crippen LogP contribution in [0.3, 0.4) is 0 Å². The Morgan fingerprint density at radius 1 is 1.14 bits per heavy atom. The van der Waals surface area contributed by atoms with Crippen LogP contribution < -0.4 is 0 Å². The van der Waals surface area contributed by atoms with Crippen LogP contribution in [-0.4, -0.2) is 15.5 Å². The molecule has 0 aliphatic rings. The number of rotatable bonds is 3. The van der Waals surface area contributed by atoms with Gasteiger partial charge in [-0.15, -0.1) is 0 Å². The van der Waals surface area contributed by atoms with E-state index < -0.39 is 15.5 Å². The van der Waals surface area contributed by atoms with Crippen LogP contribution in [0.25, 0.3) is 0 Å². The van der Waals surface area contributed by atoms with Gasteiger partial charge in [-0.1, -0.05) is 37.3 Å². The number of hydrogen-bond donors (Lipinski definition) is 0. The molecule has 1 radical (unpaired) electrons. The summed E-state index contributed by atoms with van der Waals surface area (Å²) >= 11 is -4.64. The second-order valence-electron chi connectivity index (χ2n) is 2.68. The smallest absolute Gasteiger partial charge is 0.346 e. The van der Waals surface area contributed by atoms with Gasteiger partial charge in [0.15, 0.2) is 0 Å². The van der Waals surface area contributed by atoms with E-state index in [9.17, 15) is 10.6 Å². The number of unbranched alkanes of at least 4 members (excludes halogenated alkanes) is 1. The Balaban J connectivity index is 0.000000364. The summed E-state index contributed by atoms with van der Waals surface area (Å²) in [5.74, 6) is 0. The molecule has 0 unspecified atom stereocenters. The largest absolute Gasteiger partial charge is 1.04 e. The number of benzene rings is 1. The maximum Gasteiger partial charge on any atom is 1.04 e. The molecule has 1 aromatic carbocycles. The van der Waals surface area contributed by atoms with Gasteiger partial charge in [-0.2, -0.15) is 0 Å². The van der Waals surface area contributed by atoms with Crippen molar-refractivity contribution in [2.24, 2.45) is 0 Å². The van der Waals surface area contributed by atoms with Gasteiger partial charge in [-0.3, -0.25) is 0 Å². The van der Waals surface area contributed by atoms with Gasteiger partial charge in [0, 0.05) is 0 Å². The molecule has 77 valence electrons. The zero-order chi connectivity index (χ0) is 10.8. The van der Waals surface area contributed by atoms with E-state index in [4.69, 9.17) is 0 Å². The van der Waals surface area contributed by atoms with E-state index in [1.165, 1.54) is 18.4 Å². The zero-order valence-electron chi connectivity index (χ0n) is 8.09. The number of aryl methyl sites for hydroxylation is 1. The van der Waals surface area contributed by atoms with Crippen molar-refractivity contribution in [2.45, 2.75) is 19.8 Å². The highest BCUT2D eigenvalue weighted by atomic mass is 27.3. The monoisotopic (exact) mass is 217 g/mol. The van der Waals surface area contributed by atoms with E-state index in [0.29, 0.717) is 0 Å². The molecule has 0 saturated heterocycles. The fraction of sp³-hybridized carbons (Fsp3) is 0.300. The third-order valence-electron chi connectivity index (χ3n) is 1.56. The van der Waals surface area contributed by atoms with Gasteiger partial charge >= 0.3 is 15.5 Å². The lowest BCUT2D eigenvalue weighted by atomic mass is 10.1. The van der Waals surface area contributed by atoms with E-state index in [0.717, 1.165) is 0 Å². The van der Waals surface area contributed by atoms with Crippen LogP contribution in [0.15, 0.2) is 30.3 Å². The summed E-state index contributed by atoms with van der Waals surface area (Å²) in [6.07, 6.45) is 4.56. The predicted octanol–water partition coefficient (Wildman–Crippen LogP) is 3.72. The van der Waals surface area contributed by atoms with Crippen molar-refractivity contribution in [1.29, 1.82) is 0 Å². The van der Waals surface area contributed by atoms with Crippen molar-refractivity contribution >= 4 is 15.5 Å². The van der Waals surface area contributed by atoms with Crippen molar-refractivity contribution in [3.63, 3.8) is 0 Å². The molecule has 4 heteroatoms. The Hall–Kier alpha value is -0.458. The Bertz CT molecular complexity index is 211. The molecule has 0 heterocycles. The average molecular weight is 217 g/mol. The highest BCUT2D eigenvalue weighted by Crippen LogP contribution is 2.02. The lowest BCUT2D eigenvalue weighted by molar-refractivity contribution is 0.535. The van der Waals surface area contributed by atoms with E-state index in [1.807, 2.05) is 0 Å². The van der Waals surface area contributed by atoms with Gasteiger partial charge in [-0.25, -0.2) is 0 Å². The van der Waals surface area contributed by atoms with E-state index in [1.54, 1.807) is 0 Å². The van der Waals surface area contributed by atoms with Crippen molar-refractivity contribution in [3.05, 3.63) is 42.3 Å². The maximum absolute atomic E-state index is 9.81. The second kappa shape index (κ2) is 9.11. The molecule has 1 aromatic rings. The highest BCUT2D eigenvalue weighted by molar-refractivity contribution is 6.33. The number of hydrogen-bond acceptors (Lipinski definition) is 0. The molecule has 0 fully saturated rings. The van der Waals surface area contributed by atoms with Crippen LogP contribution in [0.2, 0.25) is 0 Å². The molecule has 0 bridgehead atoms. The third-order valence-corrected chi connectivity index (χ3v) is 1.56. The van der Waals surface area contributed by atoms with Crippen molar-refractivity contribution in [1.82, 2.24) is 0 Å². The molecular weight excluding hydrogens is 204 g/mol. The SMILES string of the molecule is C[CH]CCc1ccccc1.[F][Al]([F])[F]. The lowest BCUT2D eigenvalue weighted by Crippen LogP contribution is -1.82. The molecule has 1 rings (SSSR count). The molecule has 0 aliphatic carbocycles. The van der Waals surface area contributed by atoms with Gasteiger partial charge in [-0.05, 0) is 24.8 Å². The summed E-state index contributed by atoms with van der Waals surface area (Å²) in [7, 11) is 0. The third kappa shape index (κ3) is 9.63. The van der Waals surface area contributed by atoms with Crippen LogP contribution in [-0.2, 0) is 6.42 Å². The van der Waals surface area contributed by atoms with Crippen LogP contribution in [0.4, 0.5) is 10.6 Å². The van der Waals surface area contributed by atoms with Crippen LogP contribution in [0.5, 0.6) is 0 Å². The molecule has 0 spiro atoms. The van der Waals surface area contributed by atoms with Crippen molar-refractivity contribution < 1.29 is 10.6 Å². The van der Waals surface area contributed by atoms with Gasteiger partial charge in [0.05, 0.1) is 0 Å². The van der Waals surface area contributed by atoms with E-state index in [2.05, 4.69) is 43.7 Å². The fourth-order valence-electron chi connectivity index (χ4n) is 0.956. The summed E-state index contributed by atoms with van der Waals surface area (Å²) < 4.78 is 29.4. The Morgan fingerprint density at radius 2 is 1.64 bits per heavy atom. The Labute approximate surface area is 88.6 Å². The first-order chi connectivity index (χ1) is 6.66. The molecule has 0 N–H and O–H groups in total. The highest BCUT2D eigenvalue weighted by Gasteiger charge is 2.21. The van der Waals surface area contributed by atoms with Crippen molar-refractivity contribution in [3.8, 4) is 0 Å². The lowest BCUT2D eigenvalue weighted by Gasteiger charge is -1.96. The van der Waals surface area contributed by atoms with Gasteiger partial charge in [0.2, 0.25) is 0 Å². The first kappa shape index (κ1) is 13.5. The normalized spacial score (nSPS) is 8.86. The summed E-state index contributed by atoms with van der Waals surface area (Å²) in [4.78, 5) is 0. The molecule has 0 aliphatic heterocycles. The number of halogens is 3. The van der Waals surface area contributed by atoms with Crippen molar-refractivity contribution in [2.75, 3.05) is 0 Å². The standard InChI is InChI=1S/C10H13.Al.3FH/c1-2-3-7-10-8-5-4-6-9-10;;;;/h2,4-6,8-9H,3,7H2,1H3;;3*1H/q;+3;;;/p-3. The summed E-state index contributed by atoms with van der Waals surface area (Å²) in [6, 6.07) is 10.6. The molecule has 0 aromatic heterocycles. The molecule has 0 atom stereocenters. The Morgan fingerprint density at radius 3 is 2.07 bits per heavy atom. The summed E-state index contributed by atoms with van der Waals surface area (Å²) in [5.41, 5.74) is 1.43. The average Bonchev–Trinajstić information content (AvgIpc) is 2.15. The van der Waals surface area contributed by atoms with Crippen LogP contribution in [0.1, 0.15) is 18.9 Å². The minimum Gasteiger partial charge on any atom is -0.346 e. The quantitative estimate of drug-likeness (QED) is 0.677. The predicted molar refractivity (Wildman–Crippen MR) is 53.8 cm³/mol. The van der Waals surface area contributed by atoms with Crippen LogP contribution >= 0.6 is 0 Å². The fourth-order valence-corrected chi connectivity index (χ4v) is 0.956. The minimum absolute atomic E-state index is 1.18.